The van der Waals surface area contributed by atoms with Crippen molar-refractivity contribution >= 4 is 21.6 Å². The first-order valence-corrected chi connectivity index (χ1v) is 12.1. The molecule has 6 nitrogen and oxygen atoms in total. The van der Waals surface area contributed by atoms with Crippen LogP contribution >= 0.6 is 0 Å². The molecule has 32 heavy (non-hydrogen) atoms. The van der Waals surface area contributed by atoms with Crippen molar-refractivity contribution in [3.05, 3.63) is 90.0 Å². The van der Waals surface area contributed by atoms with Crippen LogP contribution in [0.25, 0.3) is 0 Å². The van der Waals surface area contributed by atoms with Gasteiger partial charge in [-0.25, -0.2) is 8.42 Å². The van der Waals surface area contributed by atoms with E-state index in [1.54, 1.807) is 54.6 Å². The molecule has 4 rings (SSSR count). The molecular formula is C25H26N2O4S. The van der Waals surface area contributed by atoms with Crippen molar-refractivity contribution in [3.63, 3.8) is 0 Å². The lowest BCUT2D eigenvalue weighted by atomic mass is 10.1. The normalized spacial score (nSPS) is 15.5. The van der Waals surface area contributed by atoms with Crippen molar-refractivity contribution in [1.82, 2.24) is 5.32 Å². The summed E-state index contributed by atoms with van der Waals surface area (Å²) in [5.74, 6) is 0.0507. The Balaban J connectivity index is 1.45. The number of hydrogen-bond donors (Lipinski definition) is 1. The van der Waals surface area contributed by atoms with E-state index < -0.39 is 16.1 Å². The van der Waals surface area contributed by atoms with Gasteiger partial charge < -0.3 is 10.1 Å². The molecule has 0 aliphatic carbocycles. The largest absolute Gasteiger partial charge is 0.476 e. The van der Waals surface area contributed by atoms with Gasteiger partial charge in [0.05, 0.1) is 17.1 Å². The molecule has 1 amide bonds. The van der Waals surface area contributed by atoms with Crippen molar-refractivity contribution in [2.45, 2.75) is 30.8 Å². The highest BCUT2D eigenvalue weighted by molar-refractivity contribution is 7.92. The van der Waals surface area contributed by atoms with Crippen LogP contribution in [0.3, 0.4) is 0 Å². The summed E-state index contributed by atoms with van der Waals surface area (Å²) in [5.41, 5.74) is 2.86. The number of benzene rings is 3. The number of ether oxygens (including phenoxy) is 1. The van der Waals surface area contributed by atoms with E-state index in [1.165, 1.54) is 15.4 Å². The van der Waals surface area contributed by atoms with Crippen molar-refractivity contribution < 1.29 is 17.9 Å². The minimum Gasteiger partial charge on any atom is -0.476 e. The Labute approximate surface area is 188 Å². The smallest absolute Gasteiger partial charge is 0.264 e. The van der Waals surface area contributed by atoms with Gasteiger partial charge in [0.15, 0.2) is 6.10 Å². The minimum atomic E-state index is -3.83. The number of aryl methyl sites for hydroxylation is 2. The Bertz CT molecular complexity index is 1180. The third kappa shape index (κ3) is 4.78. The zero-order valence-corrected chi connectivity index (χ0v) is 18.7. The molecule has 1 heterocycles. The number of rotatable bonds is 7. The molecule has 3 aromatic carbocycles. The fourth-order valence-corrected chi connectivity index (χ4v) is 5.16. The monoisotopic (exact) mass is 450 g/mol. The predicted molar refractivity (Wildman–Crippen MR) is 124 cm³/mol. The SMILES string of the molecule is Cc1ccc(CCCNC(=O)C2CN(S(=O)(=O)c3ccccc3)c3ccccc3O2)cc1. The number of para-hydroxylation sites is 2. The molecule has 0 saturated carbocycles. The lowest BCUT2D eigenvalue weighted by Gasteiger charge is -2.34. The Hall–Kier alpha value is -3.32. The summed E-state index contributed by atoms with van der Waals surface area (Å²) in [7, 11) is -3.83. The summed E-state index contributed by atoms with van der Waals surface area (Å²) in [6.07, 6.45) is 0.705. The first-order valence-electron chi connectivity index (χ1n) is 10.6. The first-order chi connectivity index (χ1) is 15.4. The number of anilines is 1. The maximum Gasteiger partial charge on any atom is 0.264 e. The van der Waals surface area contributed by atoms with Gasteiger partial charge in [-0.2, -0.15) is 0 Å². The molecule has 1 aliphatic heterocycles. The van der Waals surface area contributed by atoms with Crippen LogP contribution in [-0.4, -0.2) is 33.5 Å². The van der Waals surface area contributed by atoms with Crippen LogP contribution in [-0.2, 0) is 21.2 Å². The number of nitrogens with one attached hydrogen (secondary N) is 1. The topological polar surface area (TPSA) is 75.7 Å². The second-order valence-corrected chi connectivity index (χ2v) is 9.67. The van der Waals surface area contributed by atoms with E-state index in [0.29, 0.717) is 18.0 Å². The third-order valence-corrected chi connectivity index (χ3v) is 7.21. The van der Waals surface area contributed by atoms with Crippen LogP contribution in [0, 0.1) is 6.92 Å². The van der Waals surface area contributed by atoms with Gasteiger partial charge >= 0.3 is 0 Å². The molecule has 3 aromatic rings. The number of hydrogen-bond acceptors (Lipinski definition) is 4. The van der Waals surface area contributed by atoms with Crippen molar-refractivity contribution in [2.24, 2.45) is 0 Å². The fraction of sp³-hybridized carbons (Fsp3) is 0.240. The maximum absolute atomic E-state index is 13.3. The van der Waals surface area contributed by atoms with E-state index in [9.17, 15) is 13.2 Å². The number of amides is 1. The lowest BCUT2D eigenvalue weighted by molar-refractivity contribution is -0.127. The zero-order valence-electron chi connectivity index (χ0n) is 17.9. The molecule has 166 valence electrons. The van der Waals surface area contributed by atoms with Gasteiger partial charge in [0.25, 0.3) is 15.9 Å². The van der Waals surface area contributed by atoms with Crippen LogP contribution in [0.4, 0.5) is 5.69 Å². The van der Waals surface area contributed by atoms with Gasteiger partial charge in [0, 0.05) is 6.54 Å². The number of carbonyl (C=O) groups excluding carboxylic acids is 1. The number of sulfonamides is 1. The van der Waals surface area contributed by atoms with Gasteiger partial charge in [0.2, 0.25) is 0 Å². The van der Waals surface area contributed by atoms with E-state index in [1.807, 2.05) is 6.92 Å². The fourth-order valence-electron chi connectivity index (χ4n) is 3.66. The lowest BCUT2D eigenvalue weighted by Crippen LogP contribution is -2.50. The van der Waals surface area contributed by atoms with E-state index in [0.717, 1.165) is 12.8 Å². The van der Waals surface area contributed by atoms with E-state index in [2.05, 4.69) is 29.6 Å². The molecule has 0 bridgehead atoms. The van der Waals surface area contributed by atoms with Gasteiger partial charge in [-0.15, -0.1) is 0 Å². The number of fused-ring (bicyclic) bond motifs is 1. The van der Waals surface area contributed by atoms with Crippen LogP contribution < -0.4 is 14.4 Å². The molecular weight excluding hydrogens is 424 g/mol. The standard InChI is InChI=1S/C25H26N2O4S/c1-19-13-15-20(16-14-19)8-7-17-26-25(28)24-18-27(22-11-5-6-12-23(22)31-24)32(29,30)21-9-3-2-4-10-21/h2-6,9-16,24H,7-8,17-18H2,1H3,(H,26,28). The highest BCUT2D eigenvalue weighted by atomic mass is 32.2. The Morgan fingerprint density at radius 1 is 1.00 bits per heavy atom. The van der Waals surface area contributed by atoms with Gasteiger partial charge in [-0.3, -0.25) is 9.10 Å². The Kier molecular flexibility index (Phi) is 6.46. The first kappa shape index (κ1) is 21.9. The average molecular weight is 451 g/mol. The molecule has 7 heteroatoms. The molecule has 1 aliphatic rings. The second-order valence-electron chi connectivity index (χ2n) is 7.80. The Morgan fingerprint density at radius 2 is 1.69 bits per heavy atom. The molecule has 0 saturated heterocycles. The summed E-state index contributed by atoms with van der Waals surface area (Å²) in [6.45, 7) is 2.45. The molecule has 0 spiro atoms. The third-order valence-electron chi connectivity index (χ3n) is 5.42. The van der Waals surface area contributed by atoms with E-state index in [-0.39, 0.29) is 17.3 Å². The maximum atomic E-state index is 13.3. The zero-order chi connectivity index (χ0) is 22.6. The van der Waals surface area contributed by atoms with E-state index >= 15 is 0 Å². The second kappa shape index (κ2) is 9.44. The summed E-state index contributed by atoms with van der Waals surface area (Å²) < 4.78 is 33.7. The summed E-state index contributed by atoms with van der Waals surface area (Å²) in [5, 5.41) is 2.89. The number of carbonyl (C=O) groups is 1. The van der Waals surface area contributed by atoms with Crippen LogP contribution in [0.1, 0.15) is 17.5 Å². The van der Waals surface area contributed by atoms with Crippen molar-refractivity contribution in [1.29, 1.82) is 0 Å². The summed E-state index contributed by atoms with van der Waals surface area (Å²) in [4.78, 5) is 13.0. The predicted octanol–water partition coefficient (Wildman–Crippen LogP) is 3.70. The number of nitrogens with zero attached hydrogens (tertiary/aromatic N) is 1. The quantitative estimate of drug-likeness (QED) is 0.557. The summed E-state index contributed by atoms with van der Waals surface area (Å²) in [6, 6.07) is 23.4. The highest BCUT2D eigenvalue weighted by Crippen LogP contribution is 2.36. The van der Waals surface area contributed by atoms with Crippen LogP contribution in [0.15, 0.2) is 83.8 Å². The Morgan fingerprint density at radius 3 is 2.44 bits per heavy atom. The molecule has 0 aromatic heterocycles. The molecule has 1 atom stereocenters. The molecule has 0 radical (unpaired) electrons. The van der Waals surface area contributed by atoms with Crippen LogP contribution in [0.2, 0.25) is 0 Å². The van der Waals surface area contributed by atoms with Gasteiger partial charge in [-0.05, 0) is 49.6 Å². The van der Waals surface area contributed by atoms with Crippen molar-refractivity contribution in [3.8, 4) is 5.75 Å². The average Bonchev–Trinajstić information content (AvgIpc) is 2.82. The molecule has 1 N–H and O–H groups in total. The highest BCUT2D eigenvalue weighted by Gasteiger charge is 2.37. The minimum absolute atomic E-state index is 0.0853. The van der Waals surface area contributed by atoms with Crippen LogP contribution in [0.5, 0.6) is 5.75 Å². The summed E-state index contributed by atoms with van der Waals surface area (Å²) >= 11 is 0. The van der Waals surface area contributed by atoms with Crippen molar-refractivity contribution in [2.75, 3.05) is 17.4 Å². The van der Waals surface area contributed by atoms with E-state index in [4.69, 9.17) is 4.74 Å². The van der Waals surface area contributed by atoms with Gasteiger partial charge in [0.1, 0.15) is 5.75 Å². The molecule has 1 unspecified atom stereocenters. The molecule has 0 fully saturated rings. The van der Waals surface area contributed by atoms with Gasteiger partial charge in [-0.1, -0.05) is 60.2 Å².